The molecule has 0 atom stereocenters. The summed E-state index contributed by atoms with van der Waals surface area (Å²) in [6.45, 7) is 5.36. The van der Waals surface area contributed by atoms with Gasteiger partial charge in [-0.25, -0.2) is 0 Å². The summed E-state index contributed by atoms with van der Waals surface area (Å²) >= 11 is 0. The average Bonchev–Trinajstić information content (AvgIpc) is 1.82. The molecule has 1 aliphatic rings. The molecule has 0 aromatic carbocycles. The van der Waals surface area contributed by atoms with E-state index in [1.54, 1.807) is 0 Å². The maximum atomic E-state index is 10.6. The lowest BCUT2D eigenvalue weighted by molar-refractivity contribution is -0.166. The van der Waals surface area contributed by atoms with Crippen LogP contribution < -0.4 is 0 Å². The van der Waals surface area contributed by atoms with E-state index >= 15 is 0 Å². The Bertz CT molecular complexity index is 150. The summed E-state index contributed by atoms with van der Waals surface area (Å²) in [5.41, 5.74) is -0.497. The van der Waals surface area contributed by atoms with Gasteiger partial charge in [-0.1, -0.05) is 0 Å². The Balaban J connectivity index is 2.44. The smallest absolute Gasteiger partial charge is 0.154 e. The molecule has 3 nitrogen and oxygen atoms in total. The number of carbonyl (C=O) groups excluding carboxylic acids is 1. The third kappa shape index (κ3) is 1.79. The van der Waals surface area contributed by atoms with Gasteiger partial charge in [-0.2, -0.15) is 0 Å². The molecule has 1 heterocycles. The Morgan fingerprint density at radius 1 is 1.55 bits per heavy atom. The maximum Gasteiger partial charge on any atom is 0.154 e. The van der Waals surface area contributed by atoms with Crippen molar-refractivity contribution in [3.05, 3.63) is 0 Å². The van der Waals surface area contributed by atoms with Gasteiger partial charge in [0.2, 0.25) is 0 Å². The van der Waals surface area contributed by atoms with E-state index in [4.69, 9.17) is 4.74 Å². The van der Waals surface area contributed by atoms with Gasteiger partial charge < -0.3 is 9.53 Å². The zero-order chi connectivity index (χ0) is 8.48. The lowest BCUT2D eigenvalue weighted by atomic mass is 9.96. The van der Waals surface area contributed by atoms with Crippen LogP contribution in [0.25, 0.3) is 0 Å². The fourth-order valence-corrected chi connectivity index (χ4v) is 1.51. The first-order chi connectivity index (χ1) is 5.08. The Kier molecular flexibility index (Phi) is 2.30. The third-order valence-corrected chi connectivity index (χ3v) is 1.76. The molecule has 0 N–H and O–H groups in total. The zero-order valence-corrected chi connectivity index (χ0v) is 7.33. The minimum atomic E-state index is -0.497. The quantitative estimate of drug-likeness (QED) is 0.552. The first-order valence-corrected chi connectivity index (χ1v) is 3.91. The molecule has 64 valence electrons. The van der Waals surface area contributed by atoms with Crippen molar-refractivity contribution >= 4 is 6.29 Å². The van der Waals surface area contributed by atoms with Crippen LogP contribution in [0.3, 0.4) is 0 Å². The maximum absolute atomic E-state index is 10.6. The Hall–Kier alpha value is -0.410. The van der Waals surface area contributed by atoms with Crippen molar-refractivity contribution in [2.45, 2.75) is 25.6 Å². The number of likely N-dealkylation sites (N-methyl/N-ethyl adjacent to an activating group) is 1. The molecule has 1 aliphatic heterocycles. The van der Waals surface area contributed by atoms with Gasteiger partial charge in [0.25, 0.3) is 0 Å². The van der Waals surface area contributed by atoms with Crippen LogP contribution in [0, 0.1) is 0 Å². The van der Waals surface area contributed by atoms with Crippen LogP contribution in [0.2, 0.25) is 0 Å². The summed E-state index contributed by atoms with van der Waals surface area (Å²) in [4.78, 5) is 12.7. The van der Waals surface area contributed by atoms with Crippen LogP contribution in [-0.4, -0.2) is 43.0 Å². The van der Waals surface area contributed by atoms with Gasteiger partial charge in [-0.15, -0.1) is 0 Å². The van der Waals surface area contributed by atoms with E-state index in [0.717, 1.165) is 19.4 Å². The highest BCUT2D eigenvalue weighted by molar-refractivity contribution is 5.65. The molecule has 11 heavy (non-hydrogen) atoms. The Morgan fingerprint density at radius 3 is 2.36 bits per heavy atom. The van der Waals surface area contributed by atoms with Crippen molar-refractivity contribution < 1.29 is 9.53 Å². The van der Waals surface area contributed by atoms with Crippen LogP contribution in [0.15, 0.2) is 0 Å². The van der Waals surface area contributed by atoms with E-state index in [1.807, 2.05) is 20.9 Å². The van der Waals surface area contributed by atoms with E-state index in [0.29, 0.717) is 0 Å². The predicted octanol–water partition coefficient (Wildman–Crippen LogP) is 0.294. The number of ether oxygens (including phenoxy) is 1. The molecule has 0 bridgehead atoms. The van der Waals surface area contributed by atoms with Crippen molar-refractivity contribution in [1.82, 2.24) is 4.90 Å². The molecular formula is C8H15NO2. The molecule has 0 saturated carbocycles. The second kappa shape index (κ2) is 2.91. The van der Waals surface area contributed by atoms with Crippen LogP contribution in [0.1, 0.15) is 13.8 Å². The number of likely N-dealkylation sites (tertiary alicyclic amines) is 1. The van der Waals surface area contributed by atoms with Crippen molar-refractivity contribution in [2.75, 3.05) is 20.1 Å². The molecule has 0 aromatic rings. The first kappa shape index (κ1) is 8.68. The second-order valence-electron chi connectivity index (χ2n) is 3.52. The largest absolute Gasteiger partial charge is 0.362 e. The SMILES string of the molecule is CC(C)OC1(C=O)CN(C)C1. The van der Waals surface area contributed by atoms with Crippen molar-refractivity contribution in [1.29, 1.82) is 0 Å². The van der Waals surface area contributed by atoms with E-state index in [1.165, 1.54) is 0 Å². The number of nitrogens with zero attached hydrogens (tertiary/aromatic N) is 1. The highest BCUT2D eigenvalue weighted by Crippen LogP contribution is 2.22. The van der Waals surface area contributed by atoms with Crippen molar-refractivity contribution in [3.8, 4) is 0 Å². The number of carbonyl (C=O) groups is 1. The zero-order valence-electron chi connectivity index (χ0n) is 7.33. The molecule has 0 amide bonds. The molecule has 3 heteroatoms. The van der Waals surface area contributed by atoms with E-state index < -0.39 is 5.60 Å². The van der Waals surface area contributed by atoms with Crippen LogP contribution >= 0.6 is 0 Å². The molecule has 0 aromatic heterocycles. The van der Waals surface area contributed by atoms with Gasteiger partial charge in [-0.3, -0.25) is 4.90 Å². The van der Waals surface area contributed by atoms with Gasteiger partial charge in [0.1, 0.15) is 5.60 Å². The van der Waals surface area contributed by atoms with Crippen molar-refractivity contribution in [3.63, 3.8) is 0 Å². The highest BCUT2D eigenvalue weighted by atomic mass is 16.5. The number of hydrogen-bond acceptors (Lipinski definition) is 3. The van der Waals surface area contributed by atoms with E-state index in [-0.39, 0.29) is 6.10 Å². The van der Waals surface area contributed by atoms with E-state index in [9.17, 15) is 4.79 Å². The summed E-state index contributed by atoms with van der Waals surface area (Å²) in [6.07, 6.45) is 1.06. The number of aldehydes is 1. The Morgan fingerprint density at radius 2 is 2.09 bits per heavy atom. The third-order valence-electron chi connectivity index (χ3n) is 1.76. The monoisotopic (exact) mass is 157 g/mol. The molecular weight excluding hydrogens is 142 g/mol. The summed E-state index contributed by atoms with van der Waals surface area (Å²) in [7, 11) is 1.98. The normalized spacial score (nSPS) is 23.3. The summed E-state index contributed by atoms with van der Waals surface area (Å²) < 4.78 is 5.48. The molecule has 0 radical (unpaired) electrons. The highest BCUT2D eigenvalue weighted by Gasteiger charge is 2.42. The molecule has 1 rings (SSSR count). The Labute approximate surface area is 67.3 Å². The van der Waals surface area contributed by atoms with Crippen LogP contribution in [0.5, 0.6) is 0 Å². The molecule has 1 saturated heterocycles. The average molecular weight is 157 g/mol. The number of hydrogen-bond donors (Lipinski definition) is 0. The summed E-state index contributed by atoms with van der Waals surface area (Å²) in [6, 6.07) is 0. The first-order valence-electron chi connectivity index (χ1n) is 3.91. The van der Waals surface area contributed by atoms with Crippen LogP contribution in [-0.2, 0) is 9.53 Å². The topological polar surface area (TPSA) is 29.5 Å². The van der Waals surface area contributed by atoms with Gasteiger partial charge in [0, 0.05) is 13.1 Å². The lowest BCUT2D eigenvalue weighted by Crippen LogP contribution is -2.63. The molecule has 0 unspecified atom stereocenters. The molecule has 0 aliphatic carbocycles. The number of rotatable bonds is 3. The minimum absolute atomic E-state index is 0.133. The molecule has 0 spiro atoms. The van der Waals surface area contributed by atoms with Gasteiger partial charge in [-0.05, 0) is 20.9 Å². The predicted molar refractivity (Wildman–Crippen MR) is 42.5 cm³/mol. The molecule has 1 fully saturated rings. The lowest BCUT2D eigenvalue weighted by Gasteiger charge is -2.45. The van der Waals surface area contributed by atoms with Gasteiger partial charge in [0.15, 0.2) is 6.29 Å². The second-order valence-corrected chi connectivity index (χ2v) is 3.52. The van der Waals surface area contributed by atoms with E-state index in [2.05, 4.69) is 4.90 Å². The fraction of sp³-hybridized carbons (Fsp3) is 0.875. The van der Waals surface area contributed by atoms with Gasteiger partial charge in [0.05, 0.1) is 6.10 Å². The minimum Gasteiger partial charge on any atom is -0.362 e. The summed E-state index contributed by atoms with van der Waals surface area (Å²) in [5.74, 6) is 0. The van der Waals surface area contributed by atoms with Gasteiger partial charge >= 0.3 is 0 Å². The fourth-order valence-electron chi connectivity index (χ4n) is 1.51. The van der Waals surface area contributed by atoms with Crippen molar-refractivity contribution in [2.24, 2.45) is 0 Å². The summed E-state index contributed by atoms with van der Waals surface area (Å²) in [5, 5.41) is 0. The van der Waals surface area contributed by atoms with Crippen LogP contribution in [0.4, 0.5) is 0 Å². The standard InChI is InChI=1S/C8H15NO2/c1-7(2)11-8(6-10)4-9(3)5-8/h6-7H,4-5H2,1-3H3.